The third-order valence-electron chi connectivity index (χ3n) is 3.91. The number of imidazole rings is 1. The summed E-state index contributed by atoms with van der Waals surface area (Å²) < 4.78 is 1.63. The molecule has 6 heteroatoms. The molecule has 1 aromatic carbocycles. The number of fused-ring (bicyclic) bond motifs is 1. The highest BCUT2D eigenvalue weighted by Gasteiger charge is 2.18. The Morgan fingerprint density at radius 3 is 2.68 bits per heavy atom. The summed E-state index contributed by atoms with van der Waals surface area (Å²) in [6.45, 7) is 7.09. The fourth-order valence-electron chi connectivity index (χ4n) is 2.53. The van der Waals surface area contributed by atoms with Gasteiger partial charge in [0.1, 0.15) is 0 Å². The lowest BCUT2D eigenvalue weighted by atomic mass is 10.1. The van der Waals surface area contributed by atoms with Gasteiger partial charge in [-0.1, -0.05) is 6.92 Å². The van der Waals surface area contributed by atoms with E-state index >= 15 is 0 Å². The zero-order chi connectivity index (χ0) is 16.3. The third-order valence-corrected chi connectivity index (χ3v) is 3.91. The highest BCUT2D eigenvalue weighted by Crippen LogP contribution is 2.15. The summed E-state index contributed by atoms with van der Waals surface area (Å²) in [6, 6.07) is 5.21. The van der Waals surface area contributed by atoms with Crippen LogP contribution in [-0.2, 0) is 6.54 Å². The van der Waals surface area contributed by atoms with Gasteiger partial charge in [-0.15, -0.1) is 0 Å². The van der Waals surface area contributed by atoms with Crippen LogP contribution in [0.15, 0.2) is 23.0 Å². The van der Waals surface area contributed by atoms with Crippen LogP contribution in [0.5, 0.6) is 0 Å². The Hall–Kier alpha value is -2.08. The number of nitrogens with one attached hydrogen (secondary N) is 1. The Bertz CT molecular complexity index is 717. The number of hydrogen-bond acceptors (Lipinski definition) is 3. The molecule has 1 aromatic heterocycles. The summed E-state index contributed by atoms with van der Waals surface area (Å²) in [5.41, 5.74) is 1.79. The molecule has 1 atom stereocenters. The highest BCUT2D eigenvalue weighted by molar-refractivity contribution is 5.97. The standard InChI is InChI=1S/C16H23N3O3/c1-4-12(20)10-18(5-2)15(21)11-7-8-14-13(9-11)17-16(22)19(14)6-3/h7-9,12,20H,4-6,10H2,1-3H3,(H,17,22). The van der Waals surface area contributed by atoms with Crippen LogP contribution in [0.1, 0.15) is 37.6 Å². The van der Waals surface area contributed by atoms with Crippen LogP contribution in [0, 0.1) is 0 Å². The second-order valence-corrected chi connectivity index (χ2v) is 5.31. The molecule has 1 unspecified atom stereocenters. The number of aliphatic hydroxyl groups is 1. The SMILES string of the molecule is CCC(O)CN(CC)C(=O)c1ccc2c(c1)[nH]c(=O)n2CC. The number of rotatable bonds is 6. The van der Waals surface area contributed by atoms with Gasteiger partial charge in [0.25, 0.3) is 5.91 Å². The average Bonchev–Trinajstić information content (AvgIpc) is 2.85. The Kier molecular flexibility index (Phi) is 5.03. The fraction of sp³-hybridized carbons (Fsp3) is 0.500. The number of H-pyrrole nitrogens is 1. The molecule has 2 rings (SSSR count). The van der Waals surface area contributed by atoms with Gasteiger partial charge in [-0.3, -0.25) is 9.36 Å². The predicted molar refractivity (Wildman–Crippen MR) is 86.1 cm³/mol. The first-order chi connectivity index (χ1) is 10.5. The van der Waals surface area contributed by atoms with Gasteiger partial charge in [-0.05, 0) is 38.5 Å². The van der Waals surface area contributed by atoms with Crippen molar-refractivity contribution < 1.29 is 9.90 Å². The number of nitrogens with zero attached hydrogens (tertiary/aromatic N) is 2. The second-order valence-electron chi connectivity index (χ2n) is 5.31. The van der Waals surface area contributed by atoms with Crippen LogP contribution in [0.4, 0.5) is 0 Å². The van der Waals surface area contributed by atoms with E-state index in [-0.39, 0.29) is 11.6 Å². The first-order valence-corrected chi connectivity index (χ1v) is 7.71. The normalized spacial score (nSPS) is 12.5. The number of likely N-dealkylation sites (N-methyl/N-ethyl adjacent to an activating group) is 1. The third kappa shape index (κ3) is 3.06. The molecule has 0 saturated carbocycles. The Morgan fingerprint density at radius 1 is 1.36 bits per heavy atom. The maximum Gasteiger partial charge on any atom is 0.326 e. The topological polar surface area (TPSA) is 78.3 Å². The molecule has 0 fully saturated rings. The van der Waals surface area contributed by atoms with Crippen LogP contribution in [0.3, 0.4) is 0 Å². The minimum atomic E-state index is -0.520. The monoisotopic (exact) mass is 305 g/mol. The van der Waals surface area contributed by atoms with Gasteiger partial charge in [-0.25, -0.2) is 4.79 Å². The largest absolute Gasteiger partial charge is 0.391 e. The lowest BCUT2D eigenvalue weighted by Gasteiger charge is -2.23. The van der Waals surface area contributed by atoms with E-state index in [9.17, 15) is 14.7 Å². The molecule has 0 bridgehead atoms. The number of carbonyl (C=O) groups is 1. The summed E-state index contributed by atoms with van der Waals surface area (Å²) in [7, 11) is 0. The average molecular weight is 305 g/mol. The van der Waals surface area contributed by atoms with Gasteiger partial charge in [0.15, 0.2) is 0 Å². The van der Waals surface area contributed by atoms with E-state index in [1.165, 1.54) is 0 Å². The van der Waals surface area contributed by atoms with E-state index in [1.807, 2.05) is 20.8 Å². The van der Waals surface area contributed by atoms with Crippen molar-refractivity contribution in [2.45, 2.75) is 39.8 Å². The van der Waals surface area contributed by atoms with E-state index in [0.717, 1.165) is 5.52 Å². The molecule has 0 radical (unpaired) electrons. The molecule has 0 aliphatic carbocycles. The lowest BCUT2D eigenvalue weighted by molar-refractivity contribution is 0.0630. The summed E-state index contributed by atoms with van der Waals surface area (Å²) in [5.74, 6) is -0.137. The van der Waals surface area contributed by atoms with Crippen molar-refractivity contribution >= 4 is 16.9 Å². The van der Waals surface area contributed by atoms with Crippen LogP contribution in [0.2, 0.25) is 0 Å². The number of aromatic amines is 1. The zero-order valence-corrected chi connectivity index (χ0v) is 13.3. The molecule has 6 nitrogen and oxygen atoms in total. The van der Waals surface area contributed by atoms with Crippen LogP contribution >= 0.6 is 0 Å². The van der Waals surface area contributed by atoms with E-state index in [4.69, 9.17) is 0 Å². The van der Waals surface area contributed by atoms with Gasteiger partial charge < -0.3 is 15.0 Å². The minimum absolute atomic E-state index is 0.137. The van der Waals surface area contributed by atoms with Crippen molar-refractivity contribution in [3.05, 3.63) is 34.2 Å². The smallest absolute Gasteiger partial charge is 0.326 e. The summed E-state index contributed by atoms with van der Waals surface area (Å²) >= 11 is 0. The second kappa shape index (κ2) is 6.79. The molecular weight excluding hydrogens is 282 g/mol. The van der Waals surface area contributed by atoms with E-state index < -0.39 is 6.10 Å². The maximum absolute atomic E-state index is 12.5. The van der Waals surface area contributed by atoms with Crippen molar-refractivity contribution in [1.29, 1.82) is 0 Å². The molecule has 0 spiro atoms. The lowest BCUT2D eigenvalue weighted by Crippen LogP contribution is -2.37. The van der Waals surface area contributed by atoms with Crippen molar-refractivity contribution in [3.8, 4) is 0 Å². The molecule has 2 aromatic rings. The fourth-order valence-corrected chi connectivity index (χ4v) is 2.53. The predicted octanol–water partition coefficient (Wildman–Crippen LogP) is 1.58. The van der Waals surface area contributed by atoms with Gasteiger partial charge in [0.05, 0.1) is 17.1 Å². The molecule has 120 valence electrons. The van der Waals surface area contributed by atoms with Crippen LogP contribution < -0.4 is 5.69 Å². The molecule has 0 saturated heterocycles. The minimum Gasteiger partial charge on any atom is -0.391 e. The van der Waals surface area contributed by atoms with Crippen molar-refractivity contribution in [3.63, 3.8) is 0 Å². The molecule has 0 aliphatic rings. The quantitative estimate of drug-likeness (QED) is 0.850. The summed E-state index contributed by atoms with van der Waals surface area (Å²) in [5, 5.41) is 9.75. The van der Waals surface area contributed by atoms with Crippen molar-refractivity contribution in [2.75, 3.05) is 13.1 Å². The highest BCUT2D eigenvalue weighted by atomic mass is 16.3. The van der Waals surface area contributed by atoms with E-state index in [1.54, 1.807) is 27.7 Å². The summed E-state index contributed by atoms with van der Waals surface area (Å²) in [6.07, 6.45) is 0.0868. The Balaban J connectivity index is 2.33. The molecule has 2 N–H and O–H groups in total. The van der Waals surface area contributed by atoms with Gasteiger partial charge >= 0.3 is 5.69 Å². The first kappa shape index (κ1) is 16.3. The Morgan fingerprint density at radius 2 is 2.09 bits per heavy atom. The van der Waals surface area contributed by atoms with Crippen molar-refractivity contribution in [2.24, 2.45) is 0 Å². The van der Waals surface area contributed by atoms with Crippen LogP contribution in [-0.4, -0.2) is 44.7 Å². The number of benzene rings is 1. The molecular formula is C16H23N3O3. The Labute approximate surface area is 129 Å². The van der Waals surface area contributed by atoms with E-state index in [0.29, 0.717) is 37.1 Å². The van der Waals surface area contributed by atoms with Gasteiger partial charge in [0, 0.05) is 25.2 Å². The molecule has 1 amide bonds. The first-order valence-electron chi connectivity index (χ1n) is 7.71. The molecule has 22 heavy (non-hydrogen) atoms. The molecule has 1 heterocycles. The number of aryl methyl sites for hydroxylation is 1. The zero-order valence-electron chi connectivity index (χ0n) is 13.3. The maximum atomic E-state index is 12.5. The number of hydrogen-bond donors (Lipinski definition) is 2. The number of carbonyl (C=O) groups excluding carboxylic acids is 1. The number of aromatic nitrogens is 2. The number of aliphatic hydroxyl groups excluding tert-OH is 1. The molecule has 0 aliphatic heterocycles. The van der Waals surface area contributed by atoms with Crippen molar-refractivity contribution in [1.82, 2.24) is 14.5 Å². The van der Waals surface area contributed by atoms with E-state index in [2.05, 4.69) is 4.98 Å². The summed E-state index contributed by atoms with van der Waals surface area (Å²) in [4.78, 5) is 28.7. The van der Waals surface area contributed by atoms with Gasteiger partial charge in [-0.2, -0.15) is 0 Å². The van der Waals surface area contributed by atoms with Crippen LogP contribution in [0.25, 0.3) is 11.0 Å². The number of amides is 1. The van der Waals surface area contributed by atoms with Gasteiger partial charge in [0.2, 0.25) is 0 Å².